The molecule has 1 N–H and O–H groups in total. The van der Waals surface area contributed by atoms with Gasteiger partial charge >= 0.3 is 0 Å². The van der Waals surface area contributed by atoms with Crippen LogP contribution in [0.4, 0.5) is 0 Å². The number of benzene rings is 1. The zero-order chi connectivity index (χ0) is 19.1. The van der Waals surface area contributed by atoms with E-state index in [1.54, 1.807) is 7.11 Å². The van der Waals surface area contributed by atoms with Crippen molar-refractivity contribution in [3.63, 3.8) is 0 Å². The van der Waals surface area contributed by atoms with E-state index in [4.69, 9.17) is 9.15 Å². The molecule has 28 heavy (non-hydrogen) atoms. The van der Waals surface area contributed by atoms with Crippen molar-refractivity contribution in [1.82, 2.24) is 15.5 Å². The Kier molecular flexibility index (Phi) is 4.78. The monoisotopic (exact) mass is 399 g/mol. The normalized spacial score (nSPS) is 30.4. The van der Waals surface area contributed by atoms with Crippen LogP contribution in [0.25, 0.3) is 11.5 Å². The molecule has 148 valence electrons. The van der Waals surface area contributed by atoms with Crippen molar-refractivity contribution in [3.8, 4) is 17.2 Å². The number of ether oxygens (including phenoxy) is 1. The van der Waals surface area contributed by atoms with Gasteiger partial charge in [-0.3, -0.25) is 4.79 Å². The summed E-state index contributed by atoms with van der Waals surface area (Å²) in [6, 6.07) is 7.83. The first kappa shape index (κ1) is 18.0. The van der Waals surface area contributed by atoms with Gasteiger partial charge in [-0.15, -0.1) is 10.2 Å². The number of hydrogen-bond acceptors (Lipinski definition) is 6. The van der Waals surface area contributed by atoms with E-state index >= 15 is 0 Å². The number of nitrogens with one attached hydrogen (secondary N) is 1. The van der Waals surface area contributed by atoms with Crippen LogP contribution in [-0.2, 0) is 4.79 Å². The number of amides is 1. The van der Waals surface area contributed by atoms with E-state index < -0.39 is 0 Å². The summed E-state index contributed by atoms with van der Waals surface area (Å²) in [5.41, 5.74) is 0.832. The molecule has 1 heterocycles. The Labute approximate surface area is 168 Å². The minimum atomic E-state index is 0.0756. The van der Waals surface area contributed by atoms with E-state index in [-0.39, 0.29) is 5.91 Å². The van der Waals surface area contributed by atoms with E-state index in [0.717, 1.165) is 23.1 Å². The van der Waals surface area contributed by atoms with Crippen LogP contribution < -0.4 is 10.1 Å². The number of nitrogens with zero attached hydrogens (tertiary/aromatic N) is 2. The summed E-state index contributed by atoms with van der Waals surface area (Å²) in [6.07, 6.45) is 6.65. The number of carbonyl (C=O) groups is 1. The maximum Gasteiger partial charge on any atom is 0.277 e. The second-order valence-corrected chi connectivity index (χ2v) is 9.34. The molecule has 4 aliphatic carbocycles. The Hall–Kier alpha value is -2.02. The topological polar surface area (TPSA) is 77.2 Å². The summed E-state index contributed by atoms with van der Waals surface area (Å²) in [6.45, 7) is 0. The molecule has 0 radical (unpaired) electrons. The number of aromatic nitrogens is 2. The Bertz CT molecular complexity index is 823. The Morgan fingerprint density at radius 2 is 1.79 bits per heavy atom. The van der Waals surface area contributed by atoms with Gasteiger partial charge in [0.05, 0.1) is 12.9 Å². The molecule has 0 aliphatic heterocycles. The van der Waals surface area contributed by atoms with Gasteiger partial charge in [-0.25, -0.2) is 0 Å². The Morgan fingerprint density at radius 1 is 1.11 bits per heavy atom. The van der Waals surface area contributed by atoms with Crippen LogP contribution >= 0.6 is 11.8 Å². The summed E-state index contributed by atoms with van der Waals surface area (Å²) in [7, 11) is 1.63. The summed E-state index contributed by atoms with van der Waals surface area (Å²) in [5, 5.41) is 11.9. The molecule has 4 fully saturated rings. The highest BCUT2D eigenvalue weighted by atomic mass is 32.2. The molecular formula is C21H25N3O3S. The number of methoxy groups -OCH3 is 1. The summed E-state index contributed by atoms with van der Waals surface area (Å²) >= 11 is 1.30. The van der Waals surface area contributed by atoms with Gasteiger partial charge in [0.2, 0.25) is 11.8 Å². The fraction of sp³-hybridized carbons (Fsp3) is 0.571. The average Bonchev–Trinajstić information content (AvgIpc) is 3.18. The SMILES string of the molecule is COc1ccc(-c2nnc(SCC(=O)NC3C4CC5CC(C4)CC3C5)o2)cc1. The smallest absolute Gasteiger partial charge is 0.277 e. The van der Waals surface area contributed by atoms with Crippen LogP contribution in [0.5, 0.6) is 5.75 Å². The second-order valence-electron chi connectivity index (χ2n) is 8.41. The molecule has 6 rings (SSSR count). The number of rotatable bonds is 6. The predicted molar refractivity (Wildman–Crippen MR) is 106 cm³/mol. The molecule has 4 bridgehead atoms. The number of hydrogen-bond donors (Lipinski definition) is 1. The highest BCUT2D eigenvalue weighted by Crippen LogP contribution is 2.53. The minimum Gasteiger partial charge on any atom is -0.497 e. The average molecular weight is 400 g/mol. The lowest BCUT2D eigenvalue weighted by atomic mass is 9.54. The van der Waals surface area contributed by atoms with Crippen LogP contribution in [0, 0.1) is 23.7 Å². The molecule has 1 amide bonds. The van der Waals surface area contributed by atoms with Gasteiger partial charge in [-0.2, -0.15) is 0 Å². The first-order chi connectivity index (χ1) is 13.7. The molecular weight excluding hydrogens is 374 g/mol. The van der Waals surface area contributed by atoms with Gasteiger partial charge in [-0.1, -0.05) is 11.8 Å². The van der Waals surface area contributed by atoms with E-state index in [2.05, 4.69) is 15.5 Å². The van der Waals surface area contributed by atoms with Crippen LogP contribution in [0.1, 0.15) is 32.1 Å². The lowest BCUT2D eigenvalue weighted by Crippen LogP contribution is -2.56. The van der Waals surface area contributed by atoms with Gasteiger partial charge in [0.15, 0.2) is 0 Å². The Morgan fingerprint density at radius 3 is 2.43 bits per heavy atom. The highest BCUT2D eigenvalue weighted by Gasteiger charge is 2.48. The van der Waals surface area contributed by atoms with Crippen LogP contribution in [-0.4, -0.2) is 35.0 Å². The fourth-order valence-electron chi connectivity index (χ4n) is 5.63. The maximum absolute atomic E-state index is 12.5. The van der Waals surface area contributed by atoms with E-state index in [1.807, 2.05) is 24.3 Å². The fourth-order valence-corrected chi connectivity index (χ4v) is 6.21. The third-order valence-electron chi connectivity index (χ3n) is 6.62. The van der Waals surface area contributed by atoms with Gasteiger partial charge in [0.1, 0.15) is 5.75 Å². The number of carbonyl (C=O) groups excluding carboxylic acids is 1. The summed E-state index contributed by atoms with van der Waals surface area (Å²) in [5.74, 6) is 4.83. The van der Waals surface area contributed by atoms with E-state index in [1.165, 1.54) is 43.9 Å². The van der Waals surface area contributed by atoms with Crippen LogP contribution in [0.3, 0.4) is 0 Å². The van der Waals surface area contributed by atoms with E-state index in [0.29, 0.717) is 34.7 Å². The van der Waals surface area contributed by atoms with Gasteiger partial charge in [0.25, 0.3) is 5.22 Å². The Balaban J connectivity index is 1.15. The van der Waals surface area contributed by atoms with Crippen LogP contribution in [0.15, 0.2) is 33.9 Å². The molecule has 2 aromatic rings. The molecule has 1 aromatic heterocycles. The molecule has 0 saturated heterocycles. The van der Waals surface area contributed by atoms with Crippen molar-refractivity contribution in [2.75, 3.05) is 12.9 Å². The van der Waals surface area contributed by atoms with Gasteiger partial charge in [-0.05, 0) is 80.0 Å². The second kappa shape index (κ2) is 7.43. The van der Waals surface area contributed by atoms with Crippen molar-refractivity contribution in [3.05, 3.63) is 24.3 Å². The molecule has 4 aliphatic rings. The lowest BCUT2D eigenvalue weighted by molar-refractivity contribution is -0.122. The first-order valence-electron chi connectivity index (χ1n) is 10.1. The first-order valence-corrected chi connectivity index (χ1v) is 11.1. The molecule has 4 saturated carbocycles. The number of thioether (sulfide) groups is 1. The third kappa shape index (κ3) is 3.52. The van der Waals surface area contributed by atoms with E-state index in [9.17, 15) is 4.79 Å². The predicted octanol–water partition coefficient (Wildman–Crippen LogP) is 3.78. The lowest BCUT2D eigenvalue weighted by Gasteiger charge is -2.54. The summed E-state index contributed by atoms with van der Waals surface area (Å²) < 4.78 is 10.9. The quantitative estimate of drug-likeness (QED) is 0.745. The maximum atomic E-state index is 12.5. The highest BCUT2D eigenvalue weighted by molar-refractivity contribution is 7.99. The molecule has 1 aromatic carbocycles. The van der Waals surface area contributed by atoms with Crippen molar-refractivity contribution in [1.29, 1.82) is 0 Å². The molecule has 0 spiro atoms. The van der Waals surface area contributed by atoms with Crippen molar-refractivity contribution in [2.24, 2.45) is 23.7 Å². The molecule has 6 nitrogen and oxygen atoms in total. The van der Waals surface area contributed by atoms with Crippen molar-refractivity contribution in [2.45, 2.75) is 43.4 Å². The molecule has 0 atom stereocenters. The van der Waals surface area contributed by atoms with Crippen molar-refractivity contribution >= 4 is 17.7 Å². The summed E-state index contributed by atoms with van der Waals surface area (Å²) in [4.78, 5) is 12.5. The third-order valence-corrected chi connectivity index (χ3v) is 7.44. The van der Waals surface area contributed by atoms with Gasteiger partial charge < -0.3 is 14.5 Å². The van der Waals surface area contributed by atoms with Gasteiger partial charge in [0, 0.05) is 11.6 Å². The zero-order valence-corrected chi connectivity index (χ0v) is 16.8. The standard InChI is InChI=1S/C21H25N3O3S/c1-26-17-4-2-14(3-5-17)20-23-24-21(27-20)28-11-18(25)22-19-15-7-12-6-13(9-15)10-16(19)8-12/h2-5,12-13,15-16,19H,6-11H2,1H3,(H,22,25). The largest absolute Gasteiger partial charge is 0.497 e. The minimum absolute atomic E-state index is 0.0756. The molecule has 0 unspecified atom stereocenters. The zero-order valence-electron chi connectivity index (χ0n) is 16.0. The molecule has 7 heteroatoms. The van der Waals surface area contributed by atoms with Crippen LogP contribution in [0.2, 0.25) is 0 Å². The van der Waals surface area contributed by atoms with Crippen molar-refractivity contribution < 1.29 is 13.9 Å².